The number of amides is 2. The van der Waals surface area contributed by atoms with Crippen LogP contribution in [0, 0.1) is 35.4 Å². The summed E-state index contributed by atoms with van der Waals surface area (Å²) in [5.41, 5.74) is 10.9. The van der Waals surface area contributed by atoms with E-state index in [2.05, 4.69) is 21.5 Å². The zero-order valence-corrected chi connectivity index (χ0v) is 17.7. The van der Waals surface area contributed by atoms with E-state index < -0.39 is 47.1 Å². The van der Waals surface area contributed by atoms with Crippen LogP contribution in [0.5, 0.6) is 0 Å². The Labute approximate surface area is 187 Å². The molecule has 176 valence electrons. The Balaban J connectivity index is 1.88. The summed E-state index contributed by atoms with van der Waals surface area (Å²) in [6.07, 6.45) is 1.66. The highest BCUT2D eigenvalue weighted by atomic mass is 19.2. The van der Waals surface area contributed by atoms with Crippen LogP contribution in [0.1, 0.15) is 37.3 Å². The van der Waals surface area contributed by atoms with Crippen LogP contribution in [0.4, 0.5) is 23.2 Å². The molecule has 0 saturated carbocycles. The number of nitrogens with one attached hydrogen (secondary N) is 2. The predicted molar refractivity (Wildman–Crippen MR) is 114 cm³/mol. The number of pyridine rings is 1. The molecule has 1 aromatic heterocycles. The summed E-state index contributed by atoms with van der Waals surface area (Å²) >= 11 is 0. The number of anilines is 1. The van der Waals surface area contributed by atoms with Gasteiger partial charge < -0.3 is 22.1 Å². The lowest BCUT2D eigenvalue weighted by Crippen LogP contribution is -2.39. The van der Waals surface area contributed by atoms with Gasteiger partial charge in [0.2, 0.25) is 11.8 Å². The molecule has 33 heavy (non-hydrogen) atoms. The monoisotopic (exact) mass is 465 g/mol. The molecule has 0 saturated heterocycles. The summed E-state index contributed by atoms with van der Waals surface area (Å²) in [5.74, 6) is -3.18. The van der Waals surface area contributed by atoms with Gasteiger partial charge in [0.25, 0.3) is 11.9 Å². The lowest BCUT2D eigenvalue weighted by molar-refractivity contribution is -0.122. The lowest BCUT2D eigenvalue weighted by atomic mass is 10.1. The van der Waals surface area contributed by atoms with Crippen molar-refractivity contribution in [2.24, 2.45) is 11.5 Å². The molecule has 7 nitrogen and oxygen atoms in total. The van der Waals surface area contributed by atoms with Gasteiger partial charge in [-0.1, -0.05) is 11.8 Å². The van der Waals surface area contributed by atoms with Crippen LogP contribution < -0.4 is 22.1 Å². The fraction of sp³-hybridized carbons (Fsp3) is 0.318. The average Bonchev–Trinajstić information content (AvgIpc) is 2.78. The number of nitrogens with two attached hydrogens (primary N) is 2. The number of hydrogen-bond donors (Lipinski definition) is 4. The summed E-state index contributed by atoms with van der Waals surface area (Å²) in [4.78, 5) is 26.0. The molecule has 0 fully saturated rings. The van der Waals surface area contributed by atoms with Crippen molar-refractivity contribution in [1.82, 2.24) is 10.3 Å². The minimum absolute atomic E-state index is 0.249. The highest BCUT2D eigenvalue weighted by molar-refractivity contribution is 5.94. The molecule has 0 bridgehead atoms. The maximum Gasteiger partial charge on any atom is 0.253 e. The highest BCUT2D eigenvalue weighted by Gasteiger charge is 2.19. The van der Waals surface area contributed by atoms with Crippen LogP contribution in [-0.4, -0.2) is 35.4 Å². The van der Waals surface area contributed by atoms with Gasteiger partial charge in [0.1, 0.15) is 5.56 Å². The number of carbonyl (C=O) groups is 2. The van der Waals surface area contributed by atoms with E-state index in [9.17, 15) is 27.2 Å². The molecular formula is C22H23F4N5O2. The van der Waals surface area contributed by atoms with Crippen LogP contribution in [0.25, 0.3) is 0 Å². The van der Waals surface area contributed by atoms with E-state index in [1.807, 2.05) is 5.92 Å². The van der Waals surface area contributed by atoms with Crippen molar-refractivity contribution in [3.8, 4) is 11.8 Å². The number of halogens is 4. The predicted octanol–water partition coefficient (Wildman–Crippen LogP) is 1.94. The maximum atomic E-state index is 13.6. The van der Waals surface area contributed by atoms with E-state index in [0.717, 1.165) is 0 Å². The van der Waals surface area contributed by atoms with Gasteiger partial charge in [0.15, 0.2) is 11.6 Å². The number of carbonyl (C=O) groups excluding carboxylic acids is 2. The normalized spacial score (nSPS) is 12.3. The van der Waals surface area contributed by atoms with Crippen molar-refractivity contribution in [1.29, 1.82) is 0 Å². The first-order valence-electron chi connectivity index (χ1n) is 10.0. The molecule has 2 amide bonds. The topological polar surface area (TPSA) is 123 Å². The maximum absolute atomic E-state index is 13.6. The molecule has 2 unspecified atom stereocenters. The second kappa shape index (κ2) is 11.9. The van der Waals surface area contributed by atoms with E-state index in [-0.39, 0.29) is 11.5 Å². The lowest BCUT2D eigenvalue weighted by Gasteiger charge is -2.13. The van der Waals surface area contributed by atoms with Crippen LogP contribution >= 0.6 is 0 Å². The molecule has 2 rings (SSSR count). The van der Waals surface area contributed by atoms with Crippen LogP contribution in [0.3, 0.4) is 0 Å². The minimum Gasteiger partial charge on any atom is -0.355 e. The first kappa shape index (κ1) is 25.8. The molecule has 0 radical (unpaired) electrons. The van der Waals surface area contributed by atoms with E-state index in [4.69, 9.17) is 11.5 Å². The van der Waals surface area contributed by atoms with Gasteiger partial charge >= 0.3 is 0 Å². The van der Waals surface area contributed by atoms with Gasteiger partial charge in [-0.05, 0) is 50.5 Å². The third-order valence-electron chi connectivity index (χ3n) is 4.47. The zero-order valence-electron chi connectivity index (χ0n) is 17.7. The molecule has 0 aliphatic heterocycles. The molecule has 2 atom stereocenters. The van der Waals surface area contributed by atoms with Crippen LogP contribution in [0.2, 0.25) is 0 Å². The standard InChI is InChI=1S/C22H23F4N5O2/c1-12(27)21(32)29-11-3-2-4-16(28)22(33)30-14-8-5-13(6-9-14)7-10-15-17(23)19(25)31-20(26)18(15)24/h5-6,8-9,12,16H,2-4,11,27-28H2,1H3,(H,29,32)(H,30,33). The Morgan fingerprint density at radius 2 is 1.58 bits per heavy atom. The van der Waals surface area contributed by atoms with E-state index >= 15 is 0 Å². The smallest absolute Gasteiger partial charge is 0.253 e. The number of nitrogens with zero attached hydrogens (tertiary/aromatic N) is 1. The second-order valence-corrected chi connectivity index (χ2v) is 7.19. The van der Waals surface area contributed by atoms with Crippen molar-refractivity contribution >= 4 is 17.5 Å². The zero-order chi connectivity index (χ0) is 24.5. The van der Waals surface area contributed by atoms with Gasteiger partial charge in [-0.2, -0.15) is 13.8 Å². The number of aromatic nitrogens is 1. The minimum atomic E-state index is -1.79. The quantitative estimate of drug-likeness (QED) is 0.205. The number of unbranched alkanes of at least 4 members (excludes halogenated alkanes) is 1. The summed E-state index contributed by atoms with van der Waals surface area (Å²) < 4.78 is 53.5. The Bertz CT molecular complexity index is 1040. The Kier molecular flexibility index (Phi) is 9.32. The summed E-state index contributed by atoms with van der Waals surface area (Å²) in [7, 11) is 0. The van der Waals surface area contributed by atoms with E-state index in [1.54, 1.807) is 6.92 Å². The van der Waals surface area contributed by atoms with Gasteiger partial charge in [-0.25, -0.2) is 8.78 Å². The second-order valence-electron chi connectivity index (χ2n) is 7.19. The highest BCUT2D eigenvalue weighted by Crippen LogP contribution is 2.16. The third kappa shape index (κ3) is 7.55. The SMILES string of the molecule is CC(N)C(=O)NCCCCC(N)C(=O)Nc1ccc(C#Cc2c(F)c(F)nc(F)c2F)cc1. The first-order chi connectivity index (χ1) is 15.6. The summed E-state index contributed by atoms with van der Waals surface area (Å²) in [5, 5.41) is 5.29. The molecule has 0 aliphatic carbocycles. The van der Waals surface area contributed by atoms with Gasteiger partial charge in [-0.3, -0.25) is 9.59 Å². The number of rotatable bonds is 8. The van der Waals surface area contributed by atoms with Gasteiger partial charge in [0, 0.05) is 17.8 Å². The van der Waals surface area contributed by atoms with E-state index in [1.165, 1.54) is 24.3 Å². The first-order valence-corrected chi connectivity index (χ1v) is 10.0. The Morgan fingerprint density at radius 3 is 2.15 bits per heavy atom. The van der Waals surface area contributed by atoms with Crippen LogP contribution in [-0.2, 0) is 9.59 Å². The van der Waals surface area contributed by atoms with Crippen molar-refractivity contribution in [2.45, 2.75) is 38.3 Å². The van der Waals surface area contributed by atoms with Gasteiger partial charge in [0.05, 0.1) is 12.1 Å². The van der Waals surface area contributed by atoms with Crippen LogP contribution in [0.15, 0.2) is 24.3 Å². The van der Waals surface area contributed by atoms with Gasteiger partial charge in [-0.15, -0.1) is 0 Å². The fourth-order valence-electron chi connectivity index (χ4n) is 2.60. The molecule has 2 aromatic rings. The average molecular weight is 465 g/mol. The molecule has 1 heterocycles. The number of hydrogen-bond acceptors (Lipinski definition) is 5. The Morgan fingerprint density at radius 1 is 0.970 bits per heavy atom. The molecule has 0 spiro atoms. The molecular weight excluding hydrogens is 442 g/mol. The third-order valence-corrected chi connectivity index (χ3v) is 4.47. The largest absolute Gasteiger partial charge is 0.355 e. The molecule has 0 aliphatic rings. The van der Waals surface area contributed by atoms with E-state index in [0.29, 0.717) is 31.5 Å². The van der Waals surface area contributed by atoms with Crippen molar-refractivity contribution < 1.29 is 27.2 Å². The fourth-order valence-corrected chi connectivity index (χ4v) is 2.60. The number of benzene rings is 1. The van der Waals surface area contributed by atoms with Crippen molar-refractivity contribution in [2.75, 3.05) is 11.9 Å². The molecule has 1 aromatic carbocycles. The van der Waals surface area contributed by atoms with Crippen molar-refractivity contribution in [3.63, 3.8) is 0 Å². The summed E-state index contributed by atoms with van der Waals surface area (Å²) in [6.45, 7) is 2.02. The Hall–Kier alpha value is -3.49. The molecule has 6 N–H and O–H groups in total. The summed E-state index contributed by atoms with van der Waals surface area (Å²) in [6, 6.07) is 4.50. The molecule has 11 heteroatoms. The van der Waals surface area contributed by atoms with Crippen molar-refractivity contribution in [3.05, 3.63) is 58.9 Å².